The second kappa shape index (κ2) is 6.42. The molecule has 118 valence electrons. The van der Waals surface area contributed by atoms with Crippen molar-refractivity contribution in [2.45, 2.75) is 6.04 Å². The molecule has 1 aromatic heterocycles. The van der Waals surface area contributed by atoms with Crippen LogP contribution in [-0.4, -0.2) is 18.6 Å². The zero-order chi connectivity index (χ0) is 16.4. The van der Waals surface area contributed by atoms with E-state index in [4.69, 9.17) is 4.99 Å². The van der Waals surface area contributed by atoms with Gasteiger partial charge >= 0.3 is 0 Å². The second-order valence-corrected chi connectivity index (χ2v) is 6.52. The number of nitrogens with one attached hydrogen (secondary N) is 1. The van der Waals surface area contributed by atoms with Crippen LogP contribution < -0.4 is 5.32 Å². The summed E-state index contributed by atoms with van der Waals surface area (Å²) in [5, 5.41) is 5.57. The number of hydrogen-bond acceptors (Lipinski definition) is 3. The van der Waals surface area contributed by atoms with Gasteiger partial charge in [-0.1, -0.05) is 54.6 Å². The number of nitrogens with zero attached hydrogens (tertiary/aromatic N) is 2. The molecule has 1 atom stereocenters. The molecule has 3 nitrogen and oxygen atoms in total. The number of para-hydroxylation sites is 1. The predicted octanol–water partition coefficient (Wildman–Crippen LogP) is 4.78. The van der Waals surface area contributed by atoms with Crippen LogP contribution in [0.1, 0.15) is 22.0 Å². The highest BCUT2D eigenvalue weighted by Gasteiger charge is 2.25. The lowest BCUT2D eigenvalue weighted by Gasteiger charge is -2.13. The molecule has 1 aliphatic rings. The molecule has 4 rings (SSSR count). The number of aliphatic imine (C=N–C) groups is 2. The summed E-state index contributed by atoms with van der Waals surface area (Å²) in [5.41, 5.74) is 4.25. The van der Waals surface area contributed by atoms with Crippen molar-refractivity contribution < 1.29 is 0 Å². The number of benzodiazepines with no additional fused rings is 1. The number of fused-ring (bicyclic) bond motifs is 1. The normalized spacial score (nSPS) is 18.5. The first-order valence-corrected chi connectivity index (χ1v) is 8.74. The molecule has 4 heteroatoms. The van der Waals surface area contributed by atoms with E-state index in [1.807, 2.05) is 37.4 Å². The van der Waals surface area contributed by atoms with E-state index in [9.17, 15) is 0 Å². The lowest BCUT2D eigenvalue weighted by molar-refractivity contribution is 0.982. The molecule has 1 aliphatic heterocycles. The second-order valence-electron chi connectivity index (χ2n) is 5.54. The molecule has 2 heterocycles. The molecule has 2 aromatic carbocycles. The standard InChI is InChI=1S/C20H17N3S/c1-21-20-19(17-12-7-13-24-17)23-18(14-8-3-2-4-9-14)15-10-5-6-11-16(15)22-20/h2-13,19H,1H3,(H,21,22). The molecular formula is C20H17N3S. The zero-order valence-electron chi connectivity index (χ0n) is 13.3. The van der Waals surface area contributed by atoms with E-state index in [1.54, 1.807) is 11.3 Å². The van der Waals surface area contributed by atoms with Crippen LogP contribution >= 0.6 is 11.3 Å². The van der Waals surface area contributed by atoms with Crippen LogP contribution in [-0.2, 0) is 0 Å². The van der Waals surface area contributed by atoms with Gasteiger partial charge in [-0.05, 0) is 17.5 Å². The van der Waals surface area contributed by atoms with Gasteiger partial charge in [-0.15, -0.1) is 11.3 Å². The Morgan fingerprint density at radius 3 is 2.50 bits per heavy atom. The topological polar surface area (TPSA) is 36.8 Å². The Balaban J connectivity index is 1.95. The maximum Gasteiger partial charge on any atom is 0.142 e. The largest absolute Gasteiger partial charge is 0.341 e. The molecule has 1 unspecified atom stereocenters. The smallest absolute Gasteiger partial charge is 0.142 e. The molecule has 3 aromatic rings. The molecule has 0 radical (unpaired) electrons. The lowest BCUT2D eigenvalue weighted by atomic mass is 10.0. The minimum absolute atomic E-state index is 0.113. The van der Waals surface area contributed by atoms with E-state index < -0.39 is 0 Å². The van der Waals surface area contributed by atoms with Crippen molar-refractivity contribution in [2.75, 3.05) is 12.4 Å². The number of amidine groups is 1. The third-order valence-corrected chi connectivity index (χ3v) is 4.99. The van der Waals surface area contributed by atoms with Crippen molar-refractivity contribution in [3.05, 3.63) is 88.1 Å². The molecule has 0 saturated carbocycles. The monoisotopic (exact) mass is 331 g/mol. The maximum atomic E-state index is 5.12. The van der Waals surface area contributed by atoms with E-state index in [1.165, 1.54) is 4.88 Å². The summed E-state index contributed by atoms with van der Waals surface area (Å²) in [6.07, 6.45) is 0. The number of anilines is 1. The van der Waals surface area contributed by atoms with Gasteiger partial charge in [-0.25, -0.2) is 0 Å². The molecule has 24 heavy (non-hydrogen) atoms. The number of hydrogen-bond donors (Lipinski definition) is 1. The maximum absolute atomic E-state index is 5.12. The van der Waals surface area contributed by atoms with Gasteiger partial charge in [-0.2, -0.15) is 0 Å². The first kappa shape index (κ1) is 14.8. The fourth-order valence-electron chi connectivity index (χ4n) is 2.91. The zero-order valence-corrected chi connectivity index (χ0v) is 14.1. The molecule has 1 N–H and O–H groups in total. The average molecular weight is 331 g/mol. The molecule has 0 aliphatic carbocycles. The van der Waals surface area contributed by atoms with Gasteiger partial charge in [0, 0.05) is 28.7 Å². The molecule has 0 saturated heterocycles. The van der Waals surface area contributed by atoms with Crippen LogP contribution in [0.15, 0.2) is 82.1 Å². The first-order chi connectivity index (χ1) is 11.9. The fraction of sp³-hybridized carbons (Fsp3) is 0.100. The molecule has 0 bridgehead atoms. The highest BCUT2D eigenvalue weighted by atomic mass is 32.1. The minimum atomic E-state index is -0.113. The summed E-state index contributed by atoms with van der Waals surface area (Å²) in [5.74, 6) is 0.871. The predicted molar refractivity (Wildman–Crippen MR) is 103 cm³/mol. The Labute approximate surface area is 145 Å². The molecular weight excluding hydrogens is 314 g/mol. The summed E-state index contributed by atoms with van der Waals surface area (Å²) in [4.78, 5) is 10.8. The number of benzene rings is 2. The van der Waals surface area contributed by atoms with Crippen LogP contribution in [0, 0.1) is 0 Å². The van der Waals surface area contributed by atoms with Crippen molar-refractivity contribution >= 4 is 28.6 Å². The van der Waals surface area contributed by atoms with Crippen LogP contribution in [0.2, 0.25) is 0 Å². The van der Waals surface area contributed by atoms with E-state index >= 15 is 0 Å². The number of rotatable bonds is 2. The summed E-state index contributed by atoms with van der Waals surface area (Å²) in [6.45, 7) is 0. The van der Waals surface area contributed by atoms with Gasteiger partial charge in [0.05, 0.1) is 5.71 Å². The van der Waals surface area contributed by atoms with Gasteiger partial charge in [0.25, 0.3) is 0 Å². The Morgan fingerprint density at radius 2 is 1.75 bits per heavy atom. The Bertz CT molecular complexity index is 896. The number of thiophene rings is 1. The molecule has 0 amide bonds. The van der Waals surface area contributed by atoms with Crippen LogP contribution in [0.4, 0.5) is 5.69 Å². The summed E-state index contributed by atoms with van der Waals surface area (Å²) in [6, 6.07) is 22.7. The lowest BCUT2D eigenvalue weighted by Crippen LogP contribution is -2.18. The van der Waals surface area contributed by atoms with Crippen molar-refractivity contribution in [1.29, 1.82) is 0 Å². The van der Waals surface area contributed by atoms with Gasteiger partial charge in [0.1, 0.15) is 11.9 Å². The van der Waals surface area contributed by atoms with Crippen molar-refractivity contribution in [3.8, 4) is 0 Å². The fourth-order valence-corrected chi connectivity index (χ4v) is 3.68. The summed E-state index contributed by atoms with van der Waals surface area (Å²) in [7, 11) is 1.81. The quantitative estimate of drug-likeness (QED) is 0.721. The van der Waals surface area contributed by atoms with E-state index in [0.717, 1.165) is 28.4 Å². The average Bonchev–Trinajstić information content (AvgIpc) is 3.11. The summed E-state index contributed by atoms with van der Waals surface area (Å²) >= 11 is 1.71. The van der Waals surface area contributed by atoms with Gasteiger partial charge in [0.15, 0.2) is 0 Å². The van der Waals surface area contributed by atoms with Crippen LogP contribution in [0.3, 0.4) is 0 Å². The van der Waals surface area contributed by atoms with Crippen LogP contribution in [0.5, 0.6) is 0 Å². The first-order valence-electron chi connectivity index (χ1n) is 7.86. The minimum Gasteiger partial charge on any atom is -0.341 e. The van der Waals surface area contributed by atoms with Crippen molar-refractivity contribution in [1.82, 2.24) is 0 Å². The van der Waals surface area contributed by atoms with Gasteiger partial charge in [0.2, 0.25) is 0 Å². The highest BCUT2D eigenvalue weighted by molar-refractivity contribution is 7.10. The Morgan fingerprint density at radius 1 is 0.958 bits per heavy atom. The molecule has 0 spiro atoms. The van der Waals surface area contributed by atoms with E-state index in [0.29, 0.717) is 0 Å². The SMILES string of the molecule is CN=C1Nc2ccccc2C(c2ccccc2)=NC1c1cccs1. The van der Waals surface area contributed by atoms with Gasteiger partial charge in [-0.3, -0.25) is 9.98 Å². The Hall–Kier alpha value is -2.72. The summed E-state index contributed by atoms with van der Waals surface area (Å²) < 4.78 is 0. The van der Waals surface area contributed by atoms with Crippen LogP contribution in [0.25, 0.3) is 0 Å². The third-order valence-electron chi connectivity index (χ3n) is 4.06. The van der Waals surface area contributed by atoms with Crippen molar-refractivity contribution in [3.63, 3.8) is 0 Å². The molecule has 0 fully saturated rings. The Kier molecular flexibility index (Phi) is 3.97. The van der Waals surface area contributed by atoms with E-state index in [2.05, 4.69) is 52.1 Å². The van der Waals surface area contributed by atoms with E-state index in [-0.39, 0.29) is 6.04 Å². The third kappa shape index (κ3) is 2.65. The van der Waals surface area contributed by atoms with Gasteiger partial charge < -0.3 is 5.32 Å². The highest BCUT2D eigenvalue weighted by Crippen LogP contribution is 2.32. The van der Waals surface area contributed by atoms with Crippen molar-refractivity contribution in [2.24, 2.45) is 9.98 Å².